The van der Waals surface area contributed by atoms with Crippen molar-refractivity contribution in [3.63, 3.8) is 0 Å². The van der Waals surface area contributed by atoms with Crippen molar-refractivity contribution in [3.05, 3.63) is 78.9 Å². The second-order valence-corrected chi connectivity index (χ2v) is 10.2. The number of nitro benzene ring substituents is 1. The molecular formula is C24H24N4O3S. The fraction of sp³-hybridized carbons (Fsp3) is 0.333. The van der Waals surface area contributed by atoms with E-state index in [4.69, 9.17) is 5.73 Å². The van der Waals surface area contributed by atoms with E-state index in [2.05, 4.69) is 32.9 Å². The van der Waals surface area contributed by atoms with Crippen LogP contribution in [0.3, 0.4) is 0 Å². The maximum atomic E-state index is 13.2. The minimum absolute atomic E-state index is 0.0223. The first-order valence-electron chi connectivity index (χ1n) is 10.4. The van der Waals surface area contributed by atoms with E-state index in [1.807, 2.05) is 6.07 Å². The third-order valence-corrected chi connectivity index (χ3v) is 7.46. The molecule has 1 aromatic carbocycles. The maximum absolute atomic E-state index is 13.2. The summed E-state index contributed by atoms with van der Waals surface area (Å²) in [7, 11) is 0. The summed E-state index contributed by atoms with van der Waals surface area (Å²) >= 11 is 1.61. The molecular weight excluding hydrogens is 424 g/mol. The van der Waals surface area contributed by atoms with Crippen LogP contribution in [0.25, 0.3) is 0 Å². The van der Waals surface area contributed by atoms with E-state index in [-0.39, 0.29) is 22.7 Å². The van der Waals surface area contributed by atoms with Gasteiger partial charge in [0.2, 0.25) is 0 Å². The number of carbonyl (C=O) groups excluding carboxylic acids is 1. The third-order valence-electron chi connectivity index (χ3n) is 5.88. The fourth-order valence-electron chi connectivity index (χ4n) is 4.30. The average molecular weight is 449 g/mol. The van der Waals surface area contributed by atoms with Crippen LogP contribution in [0.1, 0.15) is 55.7 Å². The Morgan fingerprint density at radius 2 is 1.88 bits per heavy atom. The van der Waals surface area contributed by atoms with Crippen LogP contribution in [0.4, 0.5) is 11.4 Å². The highest BCUT2D eigenvalue weighted by molar-refractivity contribution is 7.12. The number of nitrogens with two attached hydrogens (primary N) is 1. The average Bonchev–Trinajstić information content (AvgIpc) is 3.24. The molecule has 1 atom stereocenters. The van der Waals surface area contributed by atoms with Gasteiger partial charge in [0.25, 0.3) is 5.69 Å². The van der Waals surface area contributed by atoms with Crippen LogP contribution in [0.15, 0.2) is 59.1 Å². The molecule has 2 aromatic rings. The largest absolute Gasteiger partial charge is 0.384 e. The Morgan fingerprint density at radius 1 is 1.19 bits per heavy atom. The van der Waals surface area contributed by atoms with Crippen LogP contribution in [0, 0.1) is 21.4 Å². The quantitative estimate of drug-likeness (QED) is 0.506. The van der Waals surface area contributed by atoms with E-state index >= 15 is 0 Å². The number of non-ortho nitro benzene ring substituents is 1. The molecule has 0 saturated heterocycles. The van der Waals surface area contributed by atoms with Crippen molar-refractivity contribution >= 4 is 28.5 Å². The van der Waals surface area contributed by atoms with E-state index in [1.165, 1.54) is 17.0 Å². The SMILES string of the molecule is CC(C)(C)c1ccc(C2C(C#N)=C(N)N(c3ccc([N+](=O)[O-])cc3)C3=C2C(=O)CCC3)s1. The van der Waals surface area contributed by atoms with Crippen LogP contribution in [0.5, 0.6) is 0 Å². The van der Waals surface area contributed by atoms with Crippen molar-refractivity contribution in [1.82, 2.24) is 0 Å². The first-order chi connectivity index (χ1) is 15.1. The smallest absolute Gasteiger partial charge is 0.269 e. The number of Topliss-reactive ketones (excluding diaryl/α,β-unsaturated/α-hetero) is 1. The van der Waals surface area contributed by atoms with Crippen LogP contribution in [-0.4, -0.2) is 10.7 Å². The number of hydrogen-bond acceptors (Lipinski definition) is 7. The van der Waals surface area contributed by atoms with Gasteiger partial charge in [-0.25, -0.2) is 0 Å². The van der Waals surface area contributed by atoms with Gasteiger partial charge in [-0.2, -0.15) is 5.26 Å². The van der Waals surface area contributed by atoms with Crippen molar-refractivity contribution in [3.8, 4) is 6.07 Å². The second-order valence-electron chi connectivity index (χ2n) is 9.04. The summed E-state index contributed by atoms with van der Waals surface area (Å²) in [4.78, 5) is 27.6. The molecule has 0 fully saturated rings. The molecule has 1 aliphatic carbocycles. The number of nitriles is 1. The standard InChI is InChI=1S/C24H24N4O3S/c1-24(2,3)20-12-11-19(32-20)21-16(13-25)23(26)27(17-5-4-6-18(29)22(17)21)14-7-9-15(10-8-14)28(30)31/h7-12,21H,4-6,26H2,1-3H3. The van der Waals surface area contributed by atoms with Gasteiger partial charge >= 0.3 is 0 Å². The third kappa shape index (κ3) is 3.59. The van der Waals surface area contributed by atoms with Gasteiger partial charge in [-0.3, -0.25) is 19.8 Å². The Kier molecular flexibility index (Phi) is 5.39. The van der Waals surface area contributed by atoms with E-state index in [1.54, 1.807) is 28.4 Å². The summed E-state index contributed by atoms with van der Waals surface area (Å²) in [5.74, 6) is -0.196. The molecule has 164 valence electrons. The van der Waals surface area contributed by atoms with Crippen molar-refractivity contribution in [2.75, 3.05) is 4.90 Å². The molecule has 2 aliphatic rings. The Balaban J connectivity index is 1.90. The van der Waals surface area contributed by atoms with Crippen molar-refractivity contribution < 1.29 is 9.72 Å². The maximum Gasteiger partial charge on any atom is 0.269 e. The first kappa shape index (κ1) is 21.8. The molecule has 1 unspecified atom stereocenters. The number of allylic oxidation sites excluding steroid dienone is 3. The van der Waals surface area contributed by atoms with Gasteiger partial charge in [0.15, 0.2) is 5.78 Å². The number of rotatable bonds is 3. The number of carbonyl (C=O) groups is 1. The van der Waals surface area contributed by atoms with E-state index < -0.39 is 10.8 Å². The molecule has 0 amide bonds. The summed E-state index contributed by atoms with van der Waals surface area (Å²) in [5.41, 5.74) is 8.79. The lowest BCUT2D eigenvalue weighted by molar-refractivity contribution is -0.384. The van der Waals surface area contributed by atoms with Gasteiger partial charge in [-0.15, -0.1) is 11.3 Å². The van der Waals surface area contributed by atoms with E-state index in [0.717, 1.165) is 10.6 Å². The number of thiophene rings is 1. The number of nitro groups is 1. The zero-order valence-corrected chi connectivity index (χ0v) is 19.0. The van der Waals surface area contributed by atoms with Gasteiger partial charge in [-0.05, 0) is 42.5 Å². The molecule has 2 heterocycles. The minimum atomic E-state index is -0.488. The molecule has 0 bridgehead atoms. The molecule has 0 radical (unpaired) electrons. The molecule has 1 aromatic heterocycles. The molecule has 2 N–H and O–H groups in total. The molecule has 0 saturated carbocycles. The van der Waals surface area contributed by atoms with E-state index in [0.29, 0.717) is 36.1 Å². The normalized spacial score (nSPS) is 19.1. The number of ketones is 1. The van der Waals surface area contributed by atoms with Crippen molar-refractivity contribution in [2.45, 2.75) is 51.4 Å². The predicted octanol–water partition coefficient (Wildman–Crippen LogP) is 5.26. The van der Waals surface area contributed by atoms with Gasteiger partial charge in [0.05, 0.1) is 22.5 Å². The van der Waals surface area contributed by atoms with Gasteiger partial charge in [0.1, 0.15) is 5.82 Å². The molecule has 32 heavy (non-hydrogen) atoms. The van der Waals surface area contributed by atoms with Crippen LogP contribution < -0.4 is 10.6 Å². The molecule has 1 aliphatic heterocycles. The number of hydrogen-bond donors (Lipinski definition) is 1. The monoisotopic (exact) mass is 448 g/mol. The second kappa shape index (κ2) is 7.92. The Hall–Kier alpha value is -3.44. The molecule has 4 rings (SSSR count). The Morgan fingerprint density at radius 3 is 2.44 bits per heavy atom. The topological polar surface area (TPSA) is 113 Å². The van der Waals surface area contributed by atoms with E-state index in [9.17, 15) is 20.2 Å². The highest BCUT2D eigenvalue weighted by atomic mass is 32.1. The van der Waals surface area contributed by atoms with Gasteiger partial charge in [-0.1, -0.05) is 20.8 Å². The number of anilines is 1. The minimum Gasteiger partial charge on any atom is -0.384 e. The lowest BCUT2D eigenvalue weighted by Crippen LogP contribution is -2.38. The summed E-state index contributed by atoms with van der Waals surface area (Å²) < 4.78 is 0. The van der Waals surface area contributed by atoms with Crippen molar-refractivity contribution in [1.29, 1.82) is 5.26 Å². The Labute approximate surface area is 190 Å². The van der Waals surface area contributed by atoms with Crippen LogP contribution >= 0.6 is 11.3 Å². The lowest BCUT2D eigenvalue weighted by Gasteiger charge is -2.39. The lowest BCUT2D eigenvalue weighted by atomic mass is 9.78. The predicted molar refractivity (Wildman–Crippen MR) is 124 cm³/mol. The molecule has 0 spiro atoms. The first-order valence-corrected chi connectivity index (χ1v) is 11.3. The zero-order chi connectivity index (χ0) is 23.2. The molecule has 8 heteroatoms. The number of benzene rings is 1. The number of nitrogens with zero attached hydrogens (tertiary/aromatic N) is 3. The Bertz CT molecular complexity index is 1210. The zero-order valence-electron chi connectivity index (χ0n) is 18.2. The van der Waals surface area contributed by atoms with Crippen molar-refractivity contribution in [2.24, 2.45) is 5.73 Å². The highest BCUT2D eigenvalue weighted by Crippen LogP contribution is 2.48. The van der Waals surface area contributed by atoms with Gasteiger partial charge in [0, 0.05) is 45.3 Å². The van der Waals surface area contributed by atoms with Gasteiger partial charge < -0.3 is 5.73 Å². The summed E-state index contributed by atoms with van der Waals surface area (Å²) in [5, 5.41) is 21.1. The molecule has 7 nitrogen and oxygen atoms in total. The summed E-state index contributed by atoms with van der Waals surface area (Å²) in [6.45, 7) is 6.39. The summed E-state index contributed by atoms with van der Waals surface area (Å²) in [6, 6.07) is 12.3. The van der Waals surface area contributed by atoms with Crippen LogP contribution in [-0.2, 0) is 10.2 Å². The van der Waals surface area contributed by atoms with Crippen LogP contribution in [0.2, 0.25) is 0 Å². The summed E-state index contributed by atoms with van der Waals surface area (Å²) in [6.07, 6.45) is 1.77. The highest BCUT2D eigenvalue weighted by Gasteiger charge is 2.41. The fourth-order valence-corrected chi connectivity index (χ4v) is 5.49.